The maximum absolute atomic E-state index is 3.51. The third kappa shape index (κ3) is 1.70. The first kappa shape index (κ1) is 8.02. The van der Waals surface area contributed by atoms with E-state index in [2.05, 4.69) is 24.5 Å². The zero-order valence-corrected chi connectivity index (χ0v) is 6.98. The van der Waals surface area contributed by atoms with Crippen LogP contribution in [-0.2, 0) is 0 Å². The highest BCUT2D eigenvalue weighted by Gasteiger charge is 2.19. The van der Waals surface area contributed by atoms with Crippen LogP contribution in [0.15, 0.2) is 0 Å². The summed E-state index contributed by atoms with van der Waals surface area (Å²) in [5.41, 5.74) is 0. The summed E-state index contributed by atoms with van der Waals surface area (Å²) >= 11 is 0. The molecular formula is C8H18N2. The quantitative estimate of drug-likeness (QED) is 0.594. The lowest BCUT2D eigenvalue weighted by Gasteiger charge is -2.32. The average molecular weight is 142 g/mol. The van der Waals surface area contributed by atoms with Crippen molar-refractivity contribution in [2.75, 3.05) is 13.1 Å². The molecule has 0 unspecified atom stereocenters. The maximum atomic E-state index is 3.51. The van der Waals surface area contributed by atoms with Gasteiger partial charge in [0, 0.05) is 25.2 Å². The van der Waals surface area contributed by atoms with Crippen molar-refractivity contribution in [1.82, 2.24) is 10.6 Å². The van der Waals surface area contributed by atoms with Gasteiger partial charge in [-0.1, -0.05) is 13.8 Å². The van der Waals surface area contributed by atoms with Crippen LogP contribution in [0.5, 0.6) is 0 Å². The molecule has 1 fully saturated rings. The normalized spacial score (nSPS) is 34.2. The molecule has 1 rings (SSSR count). The third-order valence-electron chi connectivity index (χ3n) is 2.30. The molecule has 2 N–H and O–H groups in total. The molecule has 1 aliphatic rings. The van der Waals surface area contributed by atoms with Gasteiger partial charge in [-0.25, -0.2) is 0 Å². The summed E-state index contributed by atoms with van der Waals surface area (Å²) in [6.45, 7) is 6.75. The van der Waals surface area contributed by atoms with Crippen molar-refractivity contribution in [2.24, 2.45) is 0 Å². The van der Waals surface area contributed by atoms with Gasteiger partial charge in [0.25, 0.3) is 0 Å². The van der Waals surface area contributed by atoms with Gasteiger partial charge in [0.2, 0.25) is 0 Å². The Morgan fingerprint density at radius 1 is 1.00 bits per heavy atom. The van der Waals surface area contributed by atoms with Crippen LogP contribution in [0.2, 0.25) is 0 Å². The molecule has 1 saturated heterocycles. The van der Waals surface area contributed by atoms with Crippen LogP contribution in [0.4, 0.5) is 0 Å². The molecule has 0 amide bonds. The van der Waals surface area contributed by atoms with Crippen LogP contribution >= 0.6 is 0 Å². The molecule has 2 atom stereocenters. The molecule has 1 heterocycles. The number of rotatable bonds is 2. The van der Waals surface area contributed by atoms with E-state index in [4.69, 9.17) is 0 Å². The predicted octanol–water partition coefficient (Wildman–Crippen LogP) is 0.736. The van der Waals surface area contributed by atoms with Crippen LogP contribution in [0.25, 0.3) is 0 Å². The van der Waals surface area contributed by atoms with E-state index in [1.807, 2.05) is 0 Å². The lowest BCUT2D eigenvalue weighted by atomic mass is 10.0. The van der Waals surface area contributed by atoms with Gasteiger partial charge in [0.1, 0.15) is 0 Å². The zero-order chi connectivity index (χ0) is 7.40. The molecule has 0 radical (unpaired) electrons. The van der Waals surface area contributed by atoms with Crippen LogP contribution in [0.3, 0.4) is 0 Å². The summed E-state index contributed by atoms with van der Waals surface area (Å²) in [6.07, 6.45) is 2.48. The number of hydrogen-bond donors (Lipinski definition) is 2. The summed E-state index contributed by atoms with van der Waals surface area (Å²) < 4.78 is 0. The zero-order valence-electron chi connectivity index (χ0n) is 6.98. The highest BCUT2D eigenvalue weighted by molar-refractivity contribution is 4.84. The fourth-order valence-electron chi connectivity index (χ4n) is 1.66. The Bertz CT molecular complexity index is 81.3. The monoisotopic (exact) mass is 142 g/mol. The van der Waals surface area contributed by atoms with Crippen LogP contribution in [0.1, 0.15) is 26.7 Å². The Kier molecular flexibility index (Phi) is 3.16. The van der Waals surface area contributed by atoms with E-state index in [1.165, 1.54) is 12.8 Å². The van der Waals surface area contributed by atoms with Gasteiger partial charge in [-0.05, 0) is 12.8 Å². The second kappa shape index (κ2) is 3.94. The van der Waals surface area contributed by atoms with E-state index in [9.17, 15) is 0 Å². The molecule has 2 nitrogen and oxygen atoms in total. The summed E-state index contributed by atoms with van der Waals surface area (Å²) in [5.74, 6) is 0. The van der Waals surface area contributed by atoms with Crippen molar-refractivity contribution < 1.29 is 0 Å². The van der Waals surface area contributed by atoms with Crippen molar-refractivity contribution in [3.05, 3.63) is 0 Å². The first-order valence-electron chi connectivity index (χ1n) is 4.35. The van der Waals surface area contributed by atoms with Crippen molar-refractivity contribution in [3.8, 4) is 0 Å². The van der Waals surface area contributed by atoms with E-state index in [0.29, 0.717) is 12.1 Å². The molecule has 0 aliphatic carbocycles. The highest BCUT2D eigenvalue weighted by Crippen LogP contribution is 2.05. The maximum Gasteiger partial charge on any atom is 0.0219 e. The summed E-state index contributed by atoms with van der Waals surface area (Å²) in [5, 5.41) is 7.01. The smallest absolute Gasteiger partial charge is 0.0219 e. The molecule has 60 valence electrons. The number of nitrogens with one attached hydrogen (secondary N) is 2. The number of piperazine rings is 1. The lowest BCUT2D eigenvalue weighted by Crippen LogP contribution is -2.55. The van der Waals surface area contributed by atoms with E-state index < -0.39 is 0 Å². The van der Waals surface area contributed by atoms with Crippen LogP contribution in [0, 0.1) is 0 Å². The van der Waals surface area contributed by atoms with Gasteiger partial charge < -0.3 is 10.6 Å². The fourth-order valence-corrected chi connectivity index (χ4v) is 1.66. The Balaban J connectivity index is 2.34. The van der Waals surface area contributed by atoms with Gasteiger partial charge in [-0.2, -0.15) is 0 Å². The van der Waals surface area contributed by atoms with Crippen molar-refractivity contribution in [2.45, 2.75) is 38.8 Å². The third-order valence-corrected chi connectivity index (χ3v) is 2.30. The fraction of sp³-hybridized carbons (Fsp3) is 1.00. The minimum absolute atomic E-state index is 0.707. The van der Waals surface area contributed by atoms with E-state index in [-0.39, 0.29) is 0 Å². The topological polar surface area (TPSA) is 24.1 Å². The highest BCUT2D eigenvalue weighted by atomic mass is 15.1. The minimum atomic E-state index is 0.707. The average Bonchev–Trinajstić information content (AvgIpc) is 2.04. The standard InChI is InChI=1S/C8H18N2/c1-3-7-8(4-2)10-6-5-9-7/h7-10H,3-6H2,1-2H3/t7-,8-/m0/s1. The lowest BCUT2D eigenvalue weighted by molar-refractivity contribution is 0.307. The molecule has 0 bridgehead atoms. The van der Waals surface area contributed by atoms with Crippen molar-refractivity contribution >= 4 is 0 Å². The van der Waals surface area contributed by atoms with E-state index in [1.54, 1.807) is 0 Å². The Hall–Kier alpha value is -0.0800. The molecule has 10 heavy (non-hydrogen) atoms. The van der Waals surface area contributed by atoms with Gasteiger partial charge in [0.05, 0.1) is 0 Å². The number of hydrogen-bond acceptors (Lipinski definition) is 2. The first-order valence-corrected chi connectivity index (χ1v) is 4.35. The second-order valence-electron chi connectivity index (χ2n) is 2.94. The van der Waals surface area contributed by atoms with Crippen LogP contribution < -0.4 is 10.6 Å². The molecule has 0 aromatic carbocycles. The molecule has 0 spiro atoms. The largest absolute Gasteiger partial charge is 0.311 e. The first-order chi connectivity index (χ1) is 4.88. The molecule has 1 aliphatic heterocycles. The summed E-state index contributed by atoms with van der Waals surface area (Å²) in [6, 6.07) is 1.41. The molecular weight excluding hydrogens is 124 g/mol. The van der Waals surface area contributed by atoms with Crippen molar-refractivity contribution in [3.63, 3.8) is 0 Å². The predicted molar refractivity (Wildman–Crippen MR) is 44.2 cm³/mol. The van der Waals surface area contributed by atoms with Gasteiger partial charge >= 0.3 is 0 Å². The molecule has 0 aromatic heterocycles. The van der Waals surface area contributed by atoms with E-state index >= 15 is 0 Å². The van der Waals surface area contributed by atoms with Gasteiger partial charge in [-0.3, -0.25) is 0 Å². The molecule has 0 aromatic rings. The van der Waals surface area contributed by atoms with Gasteiger partial charge in [-0.15, -0.1) is 0 Å². The minimum Gasteiger partial charge on any atom is -0.311 e. The van der Waals surface area contributed by atoms with Crippen LogP contribution in [-0.4, -0.2) is 25.2 Å². The SMILES string of the molecule is CC[C@@H]1NCCN[C@H]1CC. The summed E-state index contributed by atoms with van der Waals surface area (Å²) in [4.78, 5) is 0. The van der Waals surface area contributed by atoms with Crippen molar-refractivity contribution in [1.29, 1.82) is 0 Å². The molecule has 2 heteroatoms. The molecule has 0 saturated carbocycles. The van der Waals surface area contributed by atoms with Gasteiger partial charge in [0.15, 0.2) is 0 Å². The Morgan fingerprint density at radius 3 is 1.70 bits per heavy atom. The van der Waals surface area contributed by atoms with E-state index in [0.717, 1.165) is 13.1 Å². The second-order valence-corrected chi connectivity index (χ2v) is 2.94. The Labute approximate surface area is 63.4 Å². The Morgan fingerprint density at radius 2 is 1.40 bits per heavy atom. The summed E-state index contributed by atoms with van der Waals surface area (Å²) in [7, 11) is 0.